The standard InChI is InChI=1S/C15H14Br2FN/c1-9-7-12(4-5-14(9)17)19-10(2)13-8-11(16)3-6-15(13)18/h3-8,10,19H,1-2H3. The number of anilines is 1. The molecule has 0 fully saturated rings. The molecule has 0 aliphatic heterocycles. The molecule has 0 saturated heterocycles. The molecule has 0 amide bonds. The Morgan fingerprint density at radius 1 is 1.11 bits per heavy atom. The SMILES string of the molecule is Cc1cc(NC(C)c2cc(Br)ccc2F)ccc1Br. The maximum atomic E-state index is 13.8. The third kappa shape index (κ3) is 3.57. The van der Waals surface area contributed by atoms with E-state index in [4.69, 9.17) is 0 Å². The van der Waals surface area contributed by atoms with Crippen molar-refractivity contribution >= 4 is 37.5 Å². The van der Waals surface area contributed by atoms with Crippen LogP contribution < -0.4 is 5.32 Å². The second-order valence-corrected chi connectivity index (χ2v) is 6.27. The molecule has 19 heavy (non-hydrogen) atoms. The number of aryl methyl sites for hydroxylation is 1. The molecule has 100 valence electrons. The van der Waals surface area contributed by atoms with Gasteiger partial charge in [-0.25, -0.2) is 4.39 Å². The van der Waals surface area contributed by atoms with Crippen molar-refractivity contribution in [2.24, 2.45) is 0 Å². The smallest absolute Gasteiger partial charge is 0.128 e. The van der Waals surface area contributed by atoms with Crippen molar-refractivity contribution in [3.63, 3.8) is 0 Å². The molecule has 1 nitrogen and oxygen atoms in total. The fourth-order valence-corrected chi connectivity index (χ4v) is 2.53. The fourth-order valence-electron chi connectivity index (χ4n) is 1.91. The van der Waals surface area contributed by atoms with E-state index in [1.54, 1.807) is 12.1 Å². The molecule has 2 aromatic rings. The van der Waals surface area contributed by atoms with Gasteiger partial charge in [-0.15, -0.1) is 0 Å². The molecule has 0 saturated carbocycles. The van der Waals surface area contributed by atoms with Crippen LogP contribution in [-0.4, -0.2) is 0 Å². The van der Waals surface area contributed by atoms with Crippen LogP contribution in [0, 0.1) is 12.7 Å². The van der Waals surface area contributed by atoms with Crippen LogP contribution in [0.25, 0.3) is 0 Å². The van der Waals surface area contributed by atoms with E-state index in [0.29, 0.717) is 5.56 Å². The zero-order valence-electron chi connectivity index (χ0n) is 10.7. The van der Waals surface area contributed by atoms with Gasteiger partial charge >= 0.3 is 0 Å². The summed E-state index contributed by atoms with van der Waals surface area (Å²) in [5.74, 6) is -0.197. The Bertz CT molecular complexity index is 599. The number of hydrogen-bond acceptors (Lipinski definition) is 1. The number of hydrogen-bond donors (Lipinski definition) is 1. The van der Waals surface area contributed by atoms with Gasteiger partial charge < -0.3 is 5.32 Å². The summed E-state index contributed by atoms with van der Waals surface area (Å²) in [7, 11) is 0. The topological polar surface area (TPSA) is 12.0 Å². The van der Waals surface area contributed by atoms with E-state index in [2.05, 4.69) is 37.2 Å². The summed E-state index contributed by atoms with van der Waals surface area (Å²) in [6, 6.07) is 10.9. The lowest BCUT2D eigenvalue weighted by Gasteiger charge is -2.17. The minimum atomic E-state index is -0.197. The number of benzene rings is 2. The summed E-state index contributed by atoms with van der Waals surface area (Å²) < 4.78 is 15.7. The zero-order chi connectivity index (χ0) is 14.0. The predicted molar refractivity (Wildman–Crippen MR) is 85.0 cm³/mol. The molecule has 1 unspecified atom stereocenters. The molecule has 0 radical (unpaired) electrons. The molecule has 0 spiro atoms. The fraction of sp³-hybridized carbons (Fsp3) is 0.200. The van der Waals surface area contributed by atoms with Gasteiger partial charge in [0.25, 0.3) is 0 Å². The number of rotatable bonds is 3. The number of nitrogens with one attached hydrogen (secondary N) is 1. The lowest BCUT2D eigenvalue weighted by molar-refractivity contribution is 0.600. The van der Waals surface area contributed by atoms with Gasteiger partial charge in [0.05, 0.1) is 6.04 Å². The molecule has 1 atom stereocenters. The van der Waals surface area contributed by atoms with E-state index >= 15 is 0 Å². The van der Waals surface area contributed by atoms with E-state index in [9.17, 15) is 4.39 Å². The lowest BCUT2D eigenvalue weighted by atomic mass is 10.1. The molecular weight excluding hydrogens is 373 g/mol. The van der Waals surface area contributed by atoms with Crippen molar-refractivity contribution in [1.29, 1.82) is 0 Å². The van der Waals surface area contributed by atoms with Gasteiger partial charge in [0.1, 0.15) is 5.82 Å². The van der Waals surface area contributed by atoms with Crippen molar-refractivity contribution in [2.45, 2.75) is 19.9 Å². The van der Waals surface area contributed by atoms with E-state index in [-0.39, 0.29) is 11.9 Å². The van der Waals surface area contributed by atoms with Crippen LogP contribution in [-0.2, 0) is 0 Å². The van der Waals surface area contributed by atoms with E-state index < -0.39 is 0 Å². The van der Waals surface area contributed by atoms with Crippen molar-refractivity contribution in [2.75, 3.05) is 5.32 Å². The van der Waals surface area contributed by atoms with Crippen LogP contribution in [0.3, 0.4) is 0 Å². The van der Waals surface area contributed by atoms with E-state index in [1.807, 2.05) is 32.0 Å². The van der Waals surface area contributed by atoms with Crippen molar-refractivity contribution in [3.05, 3.63) is 62.3 Å². The van der Waals surface area contributed by atoms with Crippen LogP contribution in [0.4, 0.5) is 10.1 Å². The highest BCUT2D eigenvalue weighted by atomic mass is 79.9. The minimum absolute atomic E-state index is 0.0990. The first-order valence-corrected chi connectivity index (χ1v) is 7.53. The van der Waals surface area contributed by atoms with Crippen molar-refractivity contribution in [1.82, 2.24) is 0 Å². The van der Waals surface area contributed by atoms with Crippen molar-refractivity contribution < 1.29 is 4.39 Å². The third-order valence-corrected chi connectivity index (χ3v) is 4.35. The molecule has 1 N–H and O–H groups in total. The second-order valence-electron chi connectivity index (χ2n) is 4.50. The Morgan fingerprint density at radius 3 is 2.53 bits per heavy atom. The molecule has 0 aromatic heterocycles. The third-order valence-electron chi connectivity index (χ3n) is 2.97. The summed E-state index contributed by atoms with van der Waals surface area (Å²) in [5, 5.41) is 3.31. The Labute approximate surface area is 129 Å². The van der Waals surface area contributed by atoms with Gasteiger partial charge in [-0.3, -0.25) is 0 Å². The average molecular weight is 387 g/mol. The maximum absolute atomic E-state index is 13.8. The largest absolute Gasteiger partial charge is 0.378 e. The lowest BCUT2D eigenvalue weighted by Crippen LogP contribution is -2.08. The quantitative estimate of drug-likeness (QED) is 0.699. The molecule has 2 rings (SSSR count). The molecule has 0 aliphatic rings. The molecule has 2 aromatic carbocycles. The summed E-state index contributed by atoms with van der Waals surface area (Å²) in [5.41, 5.74) is 2.77. The van der Waals surface area contributed by atoms with E-state index in [1.165, 1.54) is 6.07 Å². The molecular formula is C15H14Br2FN. The first-order valence-electron chi connectivity index (χ1n) is 5.95. The molecule has 0 heterocycles. The van der Waals surface area contributed by atoms with Gasteiger partial charge in [-0.2, -0.15) is 0 Å². The van der Waals surface area contributed by atoms with E-state index in [0.717, 1.165) is 20.2 Å². The Kier molecular flexibility index (Phi) is 4.63. The van der Waals surface area contributed by atoms with Gasteiger partial charge in [-0.05, 0) is 55.8 Å². The summed E-state index contributed by atoms with van der Waals surface area (Å²) in [6.07, 6.45) is 0. The molecule has 0 aliphatic carbocycles. The Morgan fingerprint density at radius 2 is 1.84 bits per heavy atom. The second kappa shape index (κ2) is 6.06. The molecule has 0 bridgehead atoms. The molecule has 4 heteroatoms. The highest BCUT2D eigenvalue weighted by molar-refractivity contribution is 9.10. The Balaban J connectivity index is 2.22. The first-order chi connectivity index (χ1) is 8.97. The Hall–Kier alpha value is -0.870. The van der Waals surface area contributed by atoms with Crippen LogP contribution in [0.5, 0.6) is 0 Å². The maximum Gasteiger partial charge on any atom is 0.128 e. The highest BCUT2D eigenvalue weighted by Crippen LogP contribution is 2.26. The summed E-state index contributed by atoms with van der Waals surface area (Å²) in [6.45, 7) is 3.97. The summed E-state index contributed by atoms with van der Waals surface area (Å²) in [4.78, 5) is 0. The van der Waals surface area contributed by atoms with Crippen LogP contribution >= 0.6 is 31.9 Å². The van der Waals surface area contributed by atoms with Crippen molar-refractivity contribution in [3.8, 4) is 0 Å². The predicted octanol–water partition coefficient (Wildman–Crippen LogP) is 5.83. The normalized spacial score (nSPS) is 12.3. The first kappa shape index (κ1) is 14.5. The van der Waals surface area contributed by atoms with Gasteiger partial charge in [0.2, 0.25) is 0 Å². The highest BCUT2D eigenvalue weighted by Gasteiger charge is 2.11. The minimum Gasteiger partial charge on any atom is -0.378 e. The number of halogens is 3. The van der Waals surface area contributed by atoms with Gasteiger partial charge in [-0.1, -0.05) is 31.9 Å². The van der Waals surface area contributed by atoms with Crippen LogP contribution in [0.1, 0.15) is 24.1 Å². The average Bonchev–Trinajstić information content (AvgIpc) is 2.36. The summed E-state index contributed by atoms with van der Waals surface area (Å²) >= 11 is 6.84. The van der Waals surface area contributed by atoms with Gasteiger partial charge in [0.15, 0.2) is 0 Å². The van der Waals surface area contributed by atoms with Gasteiger partial charge in [0, 0.05) is 20.2 Å². The van der Waals surface area contributed by atoms with Crippen LogP contribution in [0.15, 0.2) is 45.3 Å². The zero-order valence-corrected chi connectivity index (χ0v) is 13.8. The van der Waals surface area contributed by atoms with Crippen LogP contribution in [0.2, 0.25) is 0 Å². The monoisotopic (exact) mass is 385 g/mol.